The number of ether oxygens (including phenoxy) is 1. The number of nitrogens with zero attached hydrogens (tertiary/aromatic N) is 1. The Labute approximate surface area is 112 Å². The lowest BCUT2D eigenvalue weighted by Gasteiger charge is -2.29. The molecule has 0 bridgehead atoms. The van der Waals surface area contributed by atoms with Crippen molar-refractivity contribution in [2.24, 2.45) is 11.7 Å². The molecule has 2 atom stereocenters. The molecule has 0 aromatic carbocycles. The van der Waals surface area contributed by atoms with Crippen LogP contribution in [0.15, 0.2) is 0 Å². The summed E-state index contributed by atoms with van der Waals surface area (Å²) in [6.07, 6.45) is 0. The highest BCUT2D eigenvalue weighted by Crippen LogP contribution is 2.02. The van der Waals surface area contributed by atoms with Crippen molar-refractivity contribution in [2.75, 3.05) is 26.3 Å². The van der Waals surface area contributed by atoms with Gasteiger partial charge in [0.15, 0.2) is 0 Å². The zero-order chi connectivity index (χ0) is 13.7. The molecule has 18 heavy (non-hydrogen) atoms. The highest BCUT2D eigenvalue weighted by Gasteiger charge is 2.25. The Balaban J connectivity index is 2.48. The van der Waals surface area contributed by atoms with Gasteiger partial charge in [0.1, 0.15) is 6.04 Å². The third-order valence-electron chi connectivity index (χ3n) is 2.87. The lowest BCUT2D eigenvalue weighted by molar-refractivity contribution is -0.139. The van der Waals surface area contributed by atoms with Gasteiger partial charge in [-0.3, -0.25) is 9.59 Å². The van der Waals surface area contributed by atoms with Gasteiger partial charge in [-0.15, -0.1) is 0 Å². The summed E-state index contributed by atoms with van der Waals surface area (Å²) in [4.78, 5) is 25.5. The first-order chi connectivity index (χ1) is 8.43. The molecule has 0 aromatic rings. The van der Waals surface area contributed by atoms with Crippen LogP contribution in [0.1, 0.15) is 13.8 Å². The summed E-state index contributed by atoms with van der Waals surface area (Å²) in [5.74, 6) is -1.00. The van der Waals surface area contributed by atoms with Gasteiger partial charge in [-0.1, -0.05) is 12.2 Å². The van der Waals surface area contributed by atoms with Crippen LogP contribution in [-0.4, -0.2) is 54.0 Å². The van der Waals surface area contributed by atoms with Crippen molar-refractivity contribution in [1.29, 1.82) is 0 Å². The van der Waals surface area contributed by atoms with E-state index < -0.39 is 12.0 Å². The second-order valence-corrected chi connectivity index (χ2v) is 4.76. The quantitative estimate of drug-likeness (QED) is 0.660. The van der Waals surface area contributed by atoms with E-state index in [1.807, 2.05) is 0 Å². The standard InChI is InChI=1S/C11H19N3O3S/c1-7(9(12)18)10(15)13-8(2)11(16)14-3-5-17-6-4-14/h7-8H,3-6H2,1-2H3,(H2,12,18)(H,13,15). The third kappa shape index (κ3) is 3.92. The van der Waals surface area contributed by atoms with Crippen molar-refractivity contribution in [3.05, 3.63) is 0 Å². The molecule has 6 nitrogen and oxygen atoms in total. The first-order valence-electron chi connectivity index (χ1n) is 5.89. The van der Waals surface area contributed by atoms with Gasteiger partial charge in [-0.25, -0.2) is 0 Å². The molecular formula is C11H19N3O3S. The summed E-state index contributed by atoms with van der Waals surface area (Å²) in [6.45, 7) is 5.46. The second kappa shape index (κ2) is 6.65. The van der Waals surface area contributed by atoms with E-state index in [4.69, 9.17) is 22.7 Å². The van der Waals surface area contributed by atoms with Crippen molar-refractivity contribution >= 4 is 29.0 Å². The van der Waals surface area contributed by atoms with Gasteiger partial charge in [0.2, 0.25) is 11.8 Å². The number of morpholine rings is 1. The molecule has 0 radical (unpaired) electrons. The average molecular weight is 273 g/mol. The molecule has 0 spiro atoms. The fourth-order valence-corrected chi connectivity index (χ4v) is 1.69. The van der Waals surface area contributed by atoms with Crippen molar-refractivity contribution in [3.63, 3.8) is 0 Å². The van der Waals surface area contributed by atoms with Crippen LogP contribution in [0, 0.1) is 5.92 Å². The summed E-state index contributed by atoms with van der Waals surface area (Å²) in [5, 5.41) is 2.62. The molecule has 2 amide bonds. The number of carbonyl (C=O) groups excluding carboxylic acids is 2. The van der Waals surface area contributed by atoms with E-state index in [0.29, 0.717) is 26.3 Å². The first kappa shape index (κ1) is 14.8. The summed E-state index contributed by atoms with van der Waals surface area (Å²) < 4.78 is 5.17. The number of nitrogens with one attached hydrogen (secondary N) is 1. The smallest absolute Gasteiger partial charge is 0.245 e. The average Bonchev–Trinajstić information content (AvgIpc) is 2.37. The fourth-order valence-electron chi connectivity index (χ4n) is 1.59. The van der Waals surface area contributed by atoms with Gasteiger partial charge in [0, 0.05) is 13.1 Å². The molecule has 7 heteroatoms. The summed E-state index contributed by atoms with van der Waals surface area (Å²) >= 11 is 4.74. The van der Waals surface area contributed by atoms with E-state index in [2.05, 4.69) is 5.32 Å². The Morgan fingerprint density at radius 1 is 1.33 bits per heavy atom. The number of hydrogen-bond acceptors (Lipinski definition) is 4. The molecule has 0 aliphatic carbocycles. The molecule has 1 aliphatic rings. The lowest BCUT2D eigenvalue weighted by atomic mass is 10.1. The van der Waals surface area contributed by atoms with Crippen LogP contribution >= 0.6 is 12.2 Å². The molecular weight excluding hydrogens is 254 g/mol. The number of thiocarbonyl (C=S) groups is 1. The van der Waals surface area contributed by atoms with Crippen molar-refractivity contribution in [1.82, 2.24) is 10.2 Å². The topological polar surface area (TPSA) is 84.7 Å². The van der Waals surface area contributed by atoms with E-state index in [-0.39, 0.29) is 16.8 Å². The van der Waals surface area contributed by atoms with E-state index in [9.17, 15) is 9.59 Å². The molecule has 1 rings (SSSR count). The summed E-state index contributed by atoms with van der Waals surface area (Å²) in [5.41, 5.74) is 5.39. The Kier molecular flexibility index (Phi) is 5.49. The number of carbonyl (C=O) groups is 2. The molecule has 1 aliphatic heterocycles. The molecule has 1 fully saturated rings. The number of nitrogens with two attached hydrogens (primary N) is 1. The number of hydrogen-bond donors (Lipinski definition) is 2. The fraction of sp³-hybridized carbons (Fsp3) is 0.727. The predicted octanol–water partition coefficient (Wildman–Crippen LogP) is -0.728. The molecule has 3 N–H and O–H groups in total. The Morgan fingerprint density at radius 2 is 1.89 bits per heavy atom. The van der Waals surface area contributed by atoms with Crippen LogP contribution < -0.4 is 11.1 Å². The molecule has 2 unspecified atom stereocenters. The minimum atomic E-state index is -0.576. The van der Waals surface area contributed by atoms with Crippen LogP contribution in [0.25, 0.3) is 0 Å². The van der Waals surface area contributed by atoms with Crippen LogP contribution in [0.2, 0.25) is 0 Å². The minimum absolute atomic E-state index is 0.109. The molecule has 1 heterocycles. The maximum Gasteiger partial charge on any atom is 0.245 e. The van der Waals surface area contributed by atoms with Crippen molar-refractivity contribution in [3.8, 4) is 0 Å². The summed E-state index contributed by atoms with van der Waals surface area (Å²) in [7, 11) is 0. The van der Waals surface area contributed by atoms with Crippen LogP contribution in [0.3, 0.4) is 0 Å². The van der Waals surface area contributed by atoms with Gasteiger partial charge in [-0.2, -0.15) is 0 Å². The van der Waals surface area contributed by atoms with E-state index in [1.165, 1.54) is 0 Å². The highest BCUT2D eigenvalue weighted by molar-refractivity contribution is 7.80. The Hall–Kier alpha value is -1.21. The second-order valence-electron chi connectivity index (χ2n) is 4.29. The van der Waals surface area contributed by atoms with Crippen LogP contribution in [0.4, 0.5) is 0 Å². The minimum Gasteiger partial charge on any atom is -0.393 e. The van der Waals surface area contributed by atoms with E-state index in [1.54, 1.807) is 18.7 Å². The monoisotopic (exact) mass is 273 g/mol. The maximum atomic E-state index is 12.0. The van der Waals surface area contributed by atoms with Gasteiger partial charge in [-0.05, 0) is 13.8 Å². The van der Waals surface area contributed by atoms with Gasteiger partial charge >= 0.3 is 0 Å². The molecule has 0 aromatic heterocycles. The SMILES string of the molecule is CC(NC(=O)C(C)C(N)=S)C(=O)N1CCOCC1. The normalized spacial score (nSPS) is 18.9. The molecule has 0 saturated carbocycles. The molecule has 1 saturated heterocycles. The van der Waals surface area contributed by atoms with Gasteiger partial charge < -0.3 is 20.7 Å². The van der Waals surface area contributed by atoms with Crippen molar-refractivity contribution < 1.29 is 14.3 Å². The maximum absolute atomic E-state index is 12.0. The third-order valence-corrected chi connectivity index (χ3v) is 3.23. The Bertz CT molecular complexity index is 342. The van der Waals surface area contributed by atoms with Crippen LogP contribution in [-0.2, 0) is 14.3 Å². The first-order valence-corrected chi connectivity index (χ1v) is 6.30. The zero-order valence-electron chi connectivity index (χ0n) is 10.6. The van der Waals surface area contributed by atoms with E-state index >= 15 is 0 Å². The van der Waals surface area contributed by atoms with E-state index in [0.717, 1.165) is 0 Å². The number of amides is 2. The Morgan fingerprint density at radius 3 is 2.39 bits per heavy atom. The van der Waals surface area contributed by atoms with Gasteiger partial charge in [0.25, 0.3) is 0 Å². The molecule has 102 valence electrons. The predicted molar refractivity (Wildman–Crippen MR) is 71.0 cm³/mol. The lowest BCUT2D eigenvalue weighted by Crippen LogP contribution is -2.52. The zero-order valence-corrected chi connectivity index (χ0v) is 11.5. The highest BCUT2D eigenvalue weighted by atomic mass is 32.1. The largest absolute Gasteiger partial charge is 0.393 e. The number of rotatable bonds is 4. The van der Waals surface area contributed by atoms with Crippen molar-refractivity contribution in [2.45, 2.75) is 19.9 Å². The van der Waals surface area contributed by atoms with Gasteiger partial charge in [0.05, 0.1) is 24.1 Å². The summed E-state index contributed by atoms with van der Waals surface area (Å²) in [6, 6.07) is -0.576. The van der Waals surface area contributed by atoms with Crippen LogP contribution in [0.5, 0.6) is 0 Å².